The molecule has 4 heterocycles. The highest BCUT2D eigenvalue weighted by Gasteiger charge is 2.35. The van der Waals surface area contributed by atoms with Gasteiger partial charge in [-0.05, 0) is 112 Å². The molecule has 93 heavy (non-hydrogen) atoms. The number of carbonyl (C=O) groups excluding carboxylic acids is 9. The molecule has 0 saturated carbocycles. The van der Waals surface area contributed by atoms with Gasteiger partial charge < -0.3 is 59.1 Å². The Kier molecular flexibility index (Phi) is 24.8. The van der Waals surface area contributed by atoms with E-state index in [-0.39, 0.29) is 59.1 Å². The molecule has 3 N–H and O–H groups in total. The fraction of sp³-hybridized carbons (Fsp3) is 0.375. The lowest BCUT2D eigenvalue weighted by Gasteiger charge is -2.30. The average molecular weight is 1270 g/mol. The van der Waals surface area contributed by atoms with Gasteiger partial charge in [-0.1, -0.05) is 164 Å². The predicted octanol–water partition coefficient (Wildman–Crippen LogP) is 10.7. The van der Waals surface area contributed by atoms with Crippen molar-refractivity contribution in [3.8, 4) is 0 Å². The number of nitrogens with one attached hydrogen (secondary N) is 3. The topological polar surface area (TPSA) is 255 Å². The second-order valence-corrected chi connectivity index (χ2v) is 25.7. The zero-order valence-electron chi connectivity index (χ0n) is 54.3. The van der Waals surface area contributed by atoms with Crippen molar-refractivity contribution in [2.75, 3.05) is 0 Å². The number of amides is 6. The second kappa shape index (κ2) is 32.8. The van der Waals surface area contributed by atoms with E-state index in [4.69, 9.17) is 28.4 Å². The Balaban J connectivity index is 1.28. The van der Waals surface area contributed by atoms with Crippen LogP contribution in [0, 0.1) is 0 Å². The van der Waals surface area contributed by atoms with E-state index in [1.807, 2.05) is 18.2 Å². The normalized spacial score (nSPS) is 13.8. The van der Waals surface area contributed by atoms with Crippen LogP contribution in [-0.4, -0.2) is 104 Å². The first-order chi connectivity index (χ1) is 44.1. The first kappa shape index (κ1) is 70.4. The van der Waals surface area contributed by atoms with Gasteiger partial charge in [0.2, 0.25) is 17.7 Å². The molecule has 6 aromatic rings. The maximum atomic E-state index is 15.2. The van der Waals surface area contributed by atoms with Crippen molar-refractivity contribution in [3.05, 3.63) is 214 Å². The third kappa shape index (κ3) is 24.6. The first-order valence-corrected chi connectivity index (χ1v) is 30.8. The molecule has 492 valence electrons. The summed E-state index contributed by atoms with van der Waals surface area (Å²) < 4.78 is 33.6. The van der Waals surface area contributed by atoms with Gasteiger partial charge in [0.25, 0.3) is 0 Å². The molecule has 4 aliphatic rings. The van der Waals surface area contributed by atoms with Crippen LogP contribution in [0.3, 0.4) is 0 Å². The summed E-state index contributed by atoms with van der Waals surface area (Å²) in [6.45, 7) is 14.4. The smallest absolute Gasteiger partial charge is 0.408 e. The van der Waals surface area contributed by atoms with Crippen LogP contribution in [0.5, 0.6) is 0 Å². The number of carbonyl (C=O) groups is 9. The van der Waals surface area contributed by atoms with Crippen molar-refractivity contribution in [2.24, 2.45) is 0 Å². The number of hydrogen-bond acceptors (Lipinski definition) is 15. The quantitative estimate of drug-likeness (QED) is 0.0534. The van der Waals surface area contributed by atoms with Crippen molar-refractivity contribution >= 4 is 53.9 Å². The molecule has 0 spiro atoms. The van der Waals surface area contributed by atoms with Crippen molar-refractivity contribution < 1.29 is 71.6 Å². The highest BCUT2D eigenvalue weighted by molar-refractivity contribution is 5.92. The molecule has 0 aromatic heterocycles. The Morgan fingerprint density at radius 2 is 0.516 bits per heavy atom. The van der Waals surface area contributed by atoms with Gasteiger partial charge in [0, 0.05) is 39.3 Å². The van der Waals surface area contributed by atoms with Gasteiger partial charge in [-0.3, -0.25) is 28.8 Å². The SMILES string of the molecule is CC(C)(C)OC(=O)N[C@@H](CC(=O)OCc1ccccc1)C(=O)N1Cc2ccc(cc2)CN(C(=O)[C@H](CC(=O)OCc2ccccc2)NC(=O)OC(C)(C)C)Cc2ccc(cc2)CN(C(=O)[C@H](CC(=O)OCc2ccccc2)NC(=O)OC(C)(C)C)Cc2ccc(cc2)C1. The van der Waals surface area contributed by atoms with Gasteiger partial charge in [-0.2, -0.15) is 0 Å². The molecule has 3 atom stereocenters. The highest BCUT2D eigenvalue weighted by atomic mass is 16.6. The van der Waals surface area contributed by atoms with E-state index < -0.39 is 108 Å². The van der Waals surface area contributed by atoms with Crippen LogP contribution in [0.4, 0.5) is 14.4 Å². The summed E-state index contributed by atoms with van der Waals surface area (Å²) in [6.07, 6.45) is -4.50. The zero-order chi connectivity index (χ0) is 67.3. The van der Waals surface area contributed by atoms with Crippen LogP contribution in [0.1, 0.15) is 132 Å². The van der Waals surface area contributed by atoms with Crippen molar-refractivity contribution in [2.45, 2.75) is 176 Å². The van der Waals surface area contributed by atoms with E-state index >= 15 is 14.4 Å². The molecule has 6 bridgehead atoms. The number of esters is 3. The molecule has 6 aromatic carbocycles. The van der Waals surface area contributed by atoms with Gasteiger partial charge >= 0.3 is 36.2 Å². The Hall–Kier alpha value is -10.1. The van der Waals surface area contributed by atoms with Gasteiger partial charge in [-0.15, -0.1) is 0 Å². The second-order valence-electron chi connectivity index (χ2n) is 25.7. The predicted molar refractivity (Wildman–Crippen MR) is 344 cm³/mol. The molecular formula is C72H84N6O15. The number of nitrogens with zero attached hydrogens (tertiary/aromatic N) is 3. The molecule has 0 fully saturated rings. The molecule has 0 radical (unpaired) electrons. The fourth-order valence-electron chi connectivity index (χ4n) is 9.71. The van der Waals surface area contributed by atoms with Crippen LogP contribution in [0.25, 0.3) is 0 Å². The summed E-state index contributed by atoms with van der Waals surface area (Å²) in [6, 6.07) is 43.9. The van der Waals surface area contributed by atoms with Crippen molar-refractivity contribution in [3.63, 3.8) is 0 Å². The minimum absolute atomic E-state index is 0.0593. The Morgan fingerprint density at radius 3 is 0.699 bits per heavy atom. The lowest BCUT2D eigenvalue weighted by atomic mass is 10.1. The molecule has 0 unspecified atom stereocenters. The number of hydrogen-bond donors (Lipinski definition) is 3. The standard InChI is InChI=1S/C72H84N6O15/c1-70(2,3)91-67(85)73-58(37-61(79)88-46-55-19-13-10-14-20-55)64(82)76-40-49-25-29-51(30-26-49)42-77(65(83)59(74-68(86)92-71(4,5)6)38-62(80)89-47-56-21-15-11-16-22-56)44-53-33-35-54(36-34-53)45-78(43-52-31-27-50(41-76)28-32-52)66(84)60(75-69(87)93-72(7,8)9)39-63(81)90-48-57-23-17-12-18-24-57/h10-36,58-60H,37-48H2,1-9H3,(H,73,85)(H,74,86)(H,75,87)/t58-,59-,60-/m0/s1. The number of rotatable bonds is 18. The average Bonchev–Trinajstić information content (AvgIpc) is 1.36. The van der Waals surface area contributed by atoms with Crippen LogP contribution in [0.2, 0.25) is 0 Å². The summed E-state index contributed by atoms with van der Waals surface area (Å²) in [5.41, 5.74) is 2.91. The van der Waals surface area contributed by atoms with E-state index in [2.05, 4.69) is 16.0 Å². The maximum absolute atomic E-state index is 15.2. The minimum Gasteiger partial charge on any atom is -0.461 e. The van der Waals surface area contributed by atoms with Gasteiger partial charge in [0.1, 0.15) is 54.7 Å². The van der Waals surface area contributed by atoms with E-state index in [0.717, 1.165) is 0 Å². The summed E-state index contributed by atoms with van der Waals surface area (Å²) >= 11 is 0. The Bertz CT molecular complexity index is 3050. The summed E-state index contributed by atoms with van der Waals surface area (Å²) in [4.78, 5) is 131. The molecule has 21 heteroatoms. The molecule has 0 aliphatic carbocycles. The van der Waals surface area contributed by atoms with Gasteiger partial charge in [0.05, 0.1) is 19.3 Å². The molecule has 0 saturated heterocycles. The molecular weight excluding hydrogens is 1190 g/mol. The van der Waals surface area contributed by atoms with Crippen LogP contribution >= 0.6 is 0 Å². The summed E-state index contributed by atoms with van der Waals surface area (Å²) in [7, 11) is 0. The Labute approximate surface area is 543 Å². The van der Waals surface area contributed by atoms with Crippen LogP contribution < -0.4 is 16.0 Å². The van der Waals surface area contributed by atoms with E-state index in [0.29, 0.717) is 50.1 Å². The molecule has 10 rings (SSSR count). The molecule has 4 aliphatic heterocycles. The molecule has 6 amide bonds. The third-order valence-electron chi connectivity index (χ3n) is 14.1. The minimum atomic E-state index is -1.47. The highest BCUT2D eigenvalue weighted by Crippen LogP contribution is 2.23. The maximum Gasteiger partial charge on any atom is 0.408 e. The first-order valence-electron chi connectivity index (χ1n) is 30.8. The van der Waals surface area contributed by atoms with Crippen LogP contribution in [0.15, 0.2) is 164 Å². The lowest BCUT2D eigenvalue weighted by molar-refractivity contribution is -0.149. The lowest BCUT2D eigenvalue weighted by Crippen LogP contribution is -2.50. The summed E-state index contributed by atoms with van der Waals surface area (Å²) in [5.74, 6) is -4.25. The van der Waals surface area contributed by atoms with E-state index in [9.17, 15) is 28.8 Å². The number of alkyl carbamates (subject to hydrolysis) is 3. The summed E-state index contributed by atoms with van der Waals surface area (Å²) in [5, 5.41) is 7.88. The van der Waals surface area contributed by atoms with Crippen molar-refractivity contribution in [1.82, 2.24) is 30.7 Å². The zero-order valence-corrected chi connectivity index (χ0v) is 54.3. The van der Waals surface area contributed by atoms with Crippen molar-refractivity contribution in [1.29, 1.82) is 0 Å². The monoisotopic (exact) mass is 1270 g/mol. The molecule has 21 nitrogen and oxygen atoms in total. The number of benzene rings is 6. The third-order valence-corrected chi connectivity index (χ3v) is 14.1. The number of ether oxygens (including phenoxy) is 6. The van der Waals surface area contributed by atoms with Gasteiger partial charge in [0.15, 0.2) is 0 Å². The van der Waals surface area contributed by atoms with E-state index in [1.54, 1.807) is 208 Å². The fourth-order valence-corrected chi connectivity index (χ4v) is 9.71. The van der Waals surface area contributed by atoms with Gasteiger partial charge in [-0.25, -0.2) is 14.4 Å². The van der Waals surface area contributed by atoms with E-state index in [1.165, 1.54) is 14.7 Å². The number of fused-ring (bicyclic) bond motifs is 3. The van der Waals surface area contributed by atoms with Crippen LogP contribution in [-0.2, 0) is 116 Å². The largest absolute Gasteiger partial charge is 0.461 e. The Morgan fingerprint density at radius 1 is 0.323 bits per heavy atom.